The van der Waals surface area contributed by atoms with Crippen LogP contribution in [0.1, 0.15) is 43.0 Å². The molecule has 4 rings (SSSR count). The lowest BCUT2D eigenvalue weighted by atomic mass is 9.74. The lowest BCUT2D eigenvalue weighted by molar-refractivity contribution is 0.00150. The predicted octanol–water partition coefficient (Wildman–Crippen LogP) is 2.48. The van der Waals surface area contributed by atoms with Crippen molar-refractivity contribution in [2.24, 2.45) is 11.8 Å². The molecule has 3 saturated heterocycles. The van der Waals surface area contributed by atoms with Gasteiger partial charge in [0.2, 0.25) is 0 Å². The molecular weight excluding hydrogens is 318 g/mol. The van der Waals surface area contributed by atoms with E-state index in [0.29, 0.717) is 31.0 Å². The zero-order valence-corrected chi connectivity index (χ0v) is 14.8. The number of aliphatic hydroxyl groups excluding tert-OH is 1. The summed E-state index contributed by atoms with van der Waals surface area (Å²) >= 11 is 0. The summed E-state index contributed by atoms with van der Waals surface area (Å²) in [6.07, 6.45) is 4.22. The second-order valence-electron chi connectivity index (χ2n) is 7.60. The lowest BCUT2D eigenvalue weighted by Gasteiger charge is -2.27. The molecule has 0 aliphatic carbocycles. The molecule has 4 atom stereocenters. The first-order chi connectivity index (χ1) is 12.2. The lowest BCUT2D eigenvalue weighted by Crippen LogP contribution is -2.38. The minimum atomic E-state index is -0.230. The van der Waals surface area contributed by atoms with Gasteiger partial charge in [-0.15, -0.1) is 0 Å². The molecule has 2 bridgehead atoms. The van der Waals surface area contributed by atoms with Crippen LogP contribution in [0.25, 0.3) is 0 Å². The van der Waals surface area contributed by atoms with E-state index in [0.717, 1.165) is 25.7 Å². The smallest absolute Gasteiger partial charge is 0.257 e. The molecule has 3 aliphatic heterocycles. The average molecular weight is 345 g/mol. The minimum absolute atomic E-state index is 0.0135. The number of hydrogen-bond donors (Lipinski definition) is 1. The summed E-state index contributed by atoms with van der Waals surface area (Å²) in [6.45, 7) is 4.20. The van der Waals surface area contributed by atoms with E-state index >= 15 is 0 Å². The van der Waals surface area contributed by atoms with Gasteiger partial charge in [-0.05, 0) is 31.4 Å². The number of carbonyl (C=O) groups is 1. The van der Waals surface area contributed by atoms with Gasteiger partial charge in [-0.1, -0.05) is 25.5 Å². The van der Waals surface area contributed by atoms with Crippen molar-refractivity contribution in [2.75, 3.05) is 26.3 Å². The molecule has 0 radical (unpaired) electrons. The number of amides is 1. The number of para-hydroxylation sites is 1. The second-order valence-corrected chi connectivity index (χ2v) is 7.60. The molecular formula is C20H27NO4. The number of benzene rings is 1. The second kappa shape index (κ2) is 6.61. The van der Waals surface area contributed by atoms with Crippen LogP contribution in [0.15, 0.2) is 24.3 Å². The summed E-state index contributed by atoms with van der Waals surface area (Å²) < 4.78 is 12.1. The van der Waals surface area contributed by atoms with E-state index in [1.807, 2.05) is 29.2 Å². The standard InChI is InChI=1S/C20H27NO4/c1-2-3-10-24-17-7-5-4-6-14(17)19(23)21-11-16-15(12-22)18-8-9-20(16,13-21)25-18/h4-7,15-16,18,22H,2-3,8-13H2,1H3/t15-,16+,18+,20+/m0/s1. The molecule has 5 nitrogen and oxygen atoms in total. The number of hydrogen-bond acceptors (Lipinski definition) is 4. The first-order valence-corrected chi connectivity index (χ1v) is 9.48. The van der Waals surface area contributed by atoms with E-state index in [4.69, 9.17) is 9.47 Å². The largest absolute Gasteiger partial charge is 0.493 e. The molecule has 0 unspecified atom stereocenters. The molecule has 25 heavy (non-hydrogen) atoms. The molecule has 3 fully saturated rings. The molecule has 1 aromatic carbocycles. The summed E-state index contributed by atoms with van der Waals surface area (Å²) in [5.41, 5.74) is 0.399. The van der Waals surface area contributed by atoms with E-state index < -0.39 is 0 Å². The third kappa shape index (κ3) is 2.74. The first-order valence-electron chi connectivity index (χ1n) is 9.48. The molecule has 0 saturated carbocycles. The maximum atomic E-state index is 13.1. The number of aliphatic hydroxyl groups is 1. The van der Waals surface area contributed by atoms with Crippen LogP contribution in [0.2, 0.25) is 0 Å². The van der Waals surface area contributed by atoms with E-state index in [1.54, 1.807) is 0 Å². The summed E-state index contributed by atoms with van der Waals surface area (Å²) in [7, 11) is 0. The van der Waals surface area contributed by atoms with Crippen LogP contribution in [-0.2, 0) is 4.74 Å². The Hall–Kier alpha value is -1.59. The number of ether oxygens (including phenoxy) is 2. The monoisotopic (exact) mass is 345 g/mol. The van der Waals surface area contributed by atoms with Gasteiger partial charge in [0.05, 0.1) is 30.4 Å². The predicted molar refractivity (Wildman–Crippen MR) is 93.7 cm³/mol. The molecule has 136 valence electrons. The summed E-state index contributed by atoms with van der Waals surface area (Å²) in [5.74, 6) is 1.11. The molecule has 1 N–H and O–H groups in total. The maximum absolute atomic E-state index is 13.1. The molecule has 3 heterocycles. The maximum Gasteiger partial charge on any atom is 0.257 e. The van der Waals surface area contributed by atoms with Gasteiger partial charge in [0.25, 0.3) is 5.91 Å². The highest BCUT2D eigenvalue weighted by Crippen LogP contribution is 2.54. The van der Waals surface area contributed by atoms with Gasteiger partial charge < -0.3 is 19.5 Å². The van der Waals surface area contributed by atoms with Crippen LogP contribution < -0.4 is 4.74 Å². The van der Waals surface area contributed by atoms with Crippen LogP contribution in [0.5, 0.6) is 5.75 Å². The third-order valence-electron chi connectivity index (χ3n) is 6.15. The SMILES string of the molecule is CCCCOc1ccccc1C(=O)N1C[C@@H]2[C@H](CO)[C@H]3CC[C@]2(C1)O3. The van der Waals surface area contributed by atoms with Gasteiger partial charge in [0.1, 0.15) is 5.75 Å². The Morgan fingerprint density at radius 2 is 2.28 bits per heavy atom. The fraction of sp³-hybridized carbons (Fsp3) is 0.650. The van der Waals surface area contributed by atoms with Crippen molar-refractivity contribution in [2.45, 2.75) is 44.3 Å². The van der Waals surface area contributed by atoms with Gasteiger partial charge in [0, 0.05) is 25.0 Å². The van der Waals surface area contributed by atoms with Gasteiger partial charge in [0.15, 0.2) is 0 Å². The molecule has 3 aliphatic rings. The Morgan fingerprint density at radius 1 is 1.44 bits per heavy atom. The van der Waals surface area contributed by atoms with Gasteiger partial charge in [-0.2, -0.15) is 0 Å². The Morgan fingerprint density at radius 3 is 3.08 bits per heavy atom. The quantitative estimate of drug-likeness (QED) is 0.805. The fourth-order valence-corrected chi connectivity index (χ4v) is 4.86. The highest BCUT2D eigenvalue weighted by molar-refractivity contribution is 5.97. The Kier molecular flexibility index (Phi) is 4.46. The summed E-state index contributed by atoms with van der Waals surface area (Å²) in [5, 5.41) is 9.73. The van der Waals surface area contributed by atoms with E-state index in [2.05, 4.69) is 6.92 Å². The normalized spacial score (nSPS) is 32.9. The van der Waals surface area contributed by atoms with Crippen LogP contribution in [0, 0.1) is 11.8 Å². The fourth-order valence-electron chi connectivity index (χ4n) is 4.86. The third-order valence-corrected chi connectivity index (χ3v) is 6.15. The number of nitrogens with zero attached hydrogens (tertiary/aromatic N) is 1. The van der Waals surface area contributed by atoms with E-state index in [-0.39, 0.29) is 36.1 Å². The Labute approximate surface area is 148 Å². The van der Waals surface area contributed by atoms with Crippen molar-refractivity contribution in [3.63, 3.8) is 0 Å². The average Bonchev–Trinajstić information content (AvgIpc) is 3.29. The number of fused-ring (bicyclic) bond motifs is 1. The summed E-state index contributed by atoms with van der Waals surface area (Å²) in [4.78, 5) is 15.0. The highest BCUT2D eigenvalue weighted by atomic mass is 16.5. The Balaban J connectivity index is 1.51. The van der Waals surface area contributed by atoms with Gasteiger partial charge in [-0.3, -0.25) is 4.79 Å². The zero-order valence-electron chi connectivity index (χ0n) is 14.8. The number of unbranched alkanes of at least 4 members (excludes halogenated alkanes) is 1. The van der Waals surface area contributed by atoms with Crippen LogP contribution in [-0.4, -0.2) is 53.9 Å². The number of carbonyl (C=O) groups excluding carboxylic acids is 1. The molecule has 1 aromatic rings. The van der Waals surface area contributed by atoms with Gasteiger partial charge in [-0.25, -0.2) is 0 Å². The van der Waals surface area contributed by atoms with Crippen molar-refractivity contribution >= 4 is 5.91 Å². The van der Waals surface area contributed by atoms with Crippen molar-refractivity contribution in [1.29, 1.82) is 0 Å². The van der Waals surface area contributed by atoms with E-state index in [1.165, 1.54) is 0 Å². The zero-order chi connectivity index (χ0) is 17.4. The minimum Gasteiger partial charge on any atom is -0.493 e. The van der Waals surface area contributed by atoms with Crippen LogP contribution in [0.3, 0.4) is 0 Å². The van der Waals surface area contributed by atoms with Crippen molar-refractivity contribution in [3.8, 4) is 5.75 Å². The molecule has 5 heteroatoms. The van der Waals surface area contributed by atoms with Crippen LogP contribution in [0.4, 0.5) is 0 Å². The highest BCUT2D eigenvalue weighted by Gasteiger charge is 2.63. The topological polar surface area (TPSA) is 59.0 Å². The molecule has 1 spiro atoms. The first kappa shape index (κ1) is 16.9. The van der Waals surface area contributed by atoms with Crippen molar-refractivity contribution in [3.05, 3.63) is 29.8 Å². The van der Waals surface area contributed by atoms with Crippen molar-refractivity contribution in [1.82, 2.24) is 4.90 Å². The molecule has 1 amide bonds. The number of rotatable bonds is 6. The molecule has 0 aromatic heterocycles. The van der Waals surface area contributed by atoms with Crippen molar-refractivity contribution < 1.29 is 19.4 Å². The summed E-state index contributed by atoms with van der Waals surface area (Å²) in [6, 6.07) is 7.50. The Bertz CT molecular complexity index is 648. The van der Waals surface area contributed by atoms with Gasteiger partial charge >= 0.3 is 0 Å². The van der Waals surface area contributed by atoms with Crippen LogP contribution >= 0.6 is 0 Å². The van der Waals surface area contributed by atoms with E-state index in [9.17, 15) is 9.90 Å². The number of likely N-dealkylation sites (tertiary alicyclic amines) is 1.